The normalized spacial score (nSPS) is 25.6. The molecule has 3 heteroatoms. The molecule has 3 rings (SSSR count). The minimum atomic E-state index is 0.124. The van der Waals surface area contributed by atoms with Gasteiger partial charge in [-0.1, -0.05) is 19.3 Å². The van der Waals surface area contributed by atoms with Gasteiger partial charge in [-0.25, -0.2) is 0 Å². The van der Waals surface area contributed by atoms with Crippen molar-refractivity contribution in [3.05, 3.63) is 35.4 Å². The molecule has 0 N–H and O–H groups in total. The molecule has 1 saturated carbocycles. The summed E-state index contributed by atoms with van der Waals surface area (Å²) in [5.41, 5.74) is 1.31. The Morgan fingerprint density at radius 3 is 2.50 bits per heavy atom. The number of piperidine rings is 1. The molecule has 2 fully saturated rings. The van der Waals surface area contributed by atoms with Gasteiger partial charge in [-0.15, -0.1) is 0 Å². The van der Waals surface area contributed by atoms with Gasteiger partial charge in [0.1, 0.15) is 0 Å². The molecule has 2 aliphatic rings. The molecule has 1 amide bonds. The van der Waals surface area contributed by atoms with Crippen molar-refractivity contribution in [3.8, 4) is 6.07 Å². The molecule has 0 radical (unpaired) electrons. The average molecular weight is 268 g/mol. The topological polar surface area (TPSA) is 44.1 Å². The van der Waals surface area contributed by atoms with Gasteiger partial charge < -0.3 is 4.90 Å². The van der Waals surface area contributed by atoms with E-state index in [-0.39, 0.29) is 5.91 Å². The van der Waals surface area contributed by atoms with Crippen molar-refractivity contribution in [3.63, 3.8) is 0 Å². The molecular weight excluding hydrogens is 248 g/mol. The fourth-order valence-corrected chi connectivity index (χ4v) is 3.66. The molecule has 1 aromatic carbocycles. The summed E-state index contributed by atoms with van der Waals surface area (Å²) in [6, 6.07) is 9.07. The molecule has 20 heavy (non-hydrogen) atoms. The zero-order valence-corrected chi connectivity index (χ0v) is 11.7. The van der Waals surface area contributed by atoms with Gasteiger partial charge >= 0.3 is 0 Å². The van der Waals surface area contributed by atoms with Crippen LogP contribution in [0.4, 0.5) is 0 Å². The highest BCUT2D eigenvalue weighted by atomic mass is 16.2. The van der Waals surface area contributed by atoms with E-state index in [1.807, 2.05) is 4.90 Å². The maximum absolute atomic E-state index is 12.5. The van der Waals surface area contributed by atoms with Gasteiger partial charge in [0.2, 0.25) is 0 Å². The van der Waals surface area contributed by atoms with Crippen LogP contribution in [0.2, 0.25) is 0 Å². The van der Waals surface area contributed by atoms with Crippen LogP contribution in [0.15, 0.2) is 24.3 Å². The van der Waals surface area contributed by atoms with Crippen molar-refractivity contribution in [2.75, 3.05) is 13.1 Å². The largest absolute Gasteiger partial charge is 0.338 e. The van der Waals surface area contributed by atoms with Crippen molar-refractivity contribution >= 4 is 5.91 Å². The first-order valence-electron chi connectivity index (χ1n) is 7.57. The Balaban J connectivity index is 1.69. The summed E-state index contributed by atoms with van der Waals surface area (Å²) < 4.78 is 0. The molecule has 2 atom stereocenters. The van der Waals surface area contributed by atoms with E-state index in [0.29, 0.717) is 17.0 Å². The summed E-state index contributed by atoms with van der Waals surface area (Å²) in [5.74, 6) is 1.67. The highest BCUT2D eigenvalue weighted by Gasteiger charge is 2.33. The molecule has 3 nitrogen and oxygen atoms in total. The summed E-state index contributed by atoms with van der Waals surface area (Å²) in [6.07, 6.45) is 6.48. The number of fused-ring (bicyclic) bond motifs is 1. The fourth-order valence-electron chi connectivity index (χ4n) is 3.66. The van der Waals surface area contributed by atoms with E-state index in [2.05, 4.69) is 6.07 Å². The maximum atomic E-state index is 12.5. The van der Waals surface area contributed by atoms with Crippen molar-refractivity contribution in [2.45, 2.75) is 32.1 Å². The smallest absolute Gasteiger partial charge is 0.253 e. The summed E-state index contributed by atoms with van der Waals surface area (Å²) in [6.45, 7) is 1.81. The van der Waals surface area contributed by atoms with Gasteiger partial charge in [-0.2, -0.15) is 5.26 Å². The van der Waals surface area contributed by atoms with Crippen molar-refractivity contribution in [2.24, 2.45) is 11.8 Å². The Hall–Kier alpha value is -1.82. The van der Waals surface area contributed by atoms with Crippen LogP contribution in [0.3, 0.4) is 0 Å². The van der Waals surface area contributed by atoms with Crippen LogP contribution in [0, 0.1) is 23.2 Å². The highest BCUT2D eigenvalue weighted by molar-refractivity contribution is 5.94. The predicted molar refractivity (Wildman–Crippen MR) is 77.1 cm³/mol. The molecule has 0 aromatic heterocycles. The van der Waals surface area contributed by atoms with Crippen molar-refractivity contribution in [1.82, 2.24) is 4.90 Å². The Bertz CT molecular complexity index is 529. The van der Waals surface area contributed by atoms with E-state index in [0.717, 1.165) is 25.4 Å². The Morgan fingerprint density at radius 1 is 1.10 bits per heavy atom. The third-order valence-electron chi connectivity index (χ3n) is 4.84. The van der Waals surface area contributed by atoms with Crippen LogP contribution in [0.5, 0.6) is 0 Å². The summed E-state index contributed by atoms with van der Waals surface area (Å²) >= 11 is 0. The lowest BCUT2D eigenvalue weighted by atomic mass is 9.75. The van der Waals surface area contributed by atoms with Crippen LogP contribution >= 0.6 is 0 Å². The number of benzene rings is 1. The summed E-state index contributed by atoms with van der Waals surface area (Å²) in [5, 5.41) is 8.80. The molecule has 1 aliphatic carbocycles. The number of carbonyl (C=O) groups is 1. The van der Waals surface area contributed by atoms with Gasteiger partial charge in [0, 0.05) is 18.7 Å². The first kappa shape index (κ1) is 13.2. The monoisotopic (exact) mass is 268 g/mol. The molecular formula is C17H20N2O. The molecule has 1 heterocycles. The second-order valence-electron chi connectivity index (χ2n) is 6.03. The van der Waals surface area contributed by atoms with E-state index in [9.17, 15) is 4.79 Å². The quantitative estimate of drug-likeness (QED) is 0.785. The minimum absolute atomic E-state index is 0.124. The number of hydrogen-bond acceptors (Lipinski definition) is 2. The average Bonchev–Trinajstić information content (AvgIpc) is 2.54. The lowest BCUT2D eigenvalue weighted by Crippen LogP contribution is -2.44. The lowest BCUT2D eigenvalue weighted by molar-refractivity contribution is 0.0521. The number of carbonyl (C=O) groups excluding carboxylic acids is 1. The molecule has 0 spiro atoms. The van der Waals surface area contributed by atoms with Crippen LogP contribution in [-0.4, -0.2) is 23.9 Å². The predicted octanol–water partition coefficient (Wildman–Crippen LogP) is 3.21. The van der Waals surface area contributed by atoms with Gasteiger partial charge in [0.25, 0.3) is 5.91 Å². The SMILES string of the molecule is N#Cc1ccc(C(=O)N2CC[C@@H]3CCCC[C@H]3C2)cc1. The number of rotatable bonds is 1. The number of hydrogen-bond donors (Lipinski definition) is 0. The third kappa shape index (κ3) is 2.56. The van der Waals surface area contributed by atoms with Gasteiger partial charge in [0.05, 0.1) is 11.6 Å². The Labute approximate surface area is 120 Å². The first-order valence-corrected chi connectivity index (χ1v) is 7.57. The molecule has 0 bridgehead atoms. The molecule has 1 aliphatic heterocycles. The zero-order valence-electron chi connectivity index (χ0n) is 11.7. The number of likely N-dealkylation sites (tertiary alicyclic amines) is 1. The van der Waals surface area contributed by atoms with Gasteiger partial charge in [-0.05, 0) is 48.9 Å². The second kappa shape index (κ2) is 5.66. The van der Waals surface area contributed by atoms with Gasteiger partial charge in [0.15, 0.2) is 0 Å². The maximum Gasteiger partial charge on any atom is 0.253 e. The number of amides is 1. The van der Waals surface area contributed by atoms with E-state index in [1.165, 1.54) is 25.7 Å². The fraction of sp³-hybridized carbons (Fsp3) is 0.529. The highest BCUT2D eigenvalue weighted by Crippen LogP contribution is 2.36. The molecule has 1 saturated heterocycles. The van der Waals surface area contributed by atoms with Crippen LogP contribution < -0.4 is 0 Å². The van der Waals surface area contributed by atoms with E-state index in [1.54, 1.807) is 24.3 Å². The second-order valence-corrected chi connectivity index (χ2v) is 6.03. The van der Waals surface area contributed by atoms with E-state index >= 15 is 0 Å². The molecule has 1 aromatic rings. The van der Waals surface area contributed by atoms with E-state index < -0.39 is 0 Å². The molecule has 104 valence electrons. The number of nitriles is 1. The van der Waals surface area contributed by atoms with Crippen LogP contribution in [0.1, 0.15) is 48.0 Å². The third-order valence-corrected chi connectivity index (χ3v) is 4.84. The zero-order chi connectivity index (χ0) is 13.9. The summed E-state index contributed by atoms with van der Waals surface area (Å²) in [4.78, 5) is 14.5. The molecule has 0 unspecified atom stereocenters. The van der Waals surface area contributed by atoms with Crippen molar-refractivity contribution < 1.29 is 4.79 Å². The Morgan fingerprint density at radius 2 is 1.80 bits per heavy atom. The standard InChI is InChI=1S/C17H20N2O/c18-11-13-5-7-15(8-6-13)17(20)19-10-9-14-3-1-2-4-16(14)12-19/h5-8,14,16H,1-4,9-10,12H2/t14-,16-/m0/s1. The minimum Gasteiger partial charge on any atom is -0.338 e. The Kier molecular flexibility index (Phi) is 3.73. The summed E-state index contributed by atoms with van der Waals surface area (Å²) in [7, 11) is 0. The van der Waals surface area contributed by atoms with Gasteiger partial charge in [-0.3, -0.25) is 4.79 Å². The number of nitrogens with zero attached hydrogens (tertiary/aromatic N) is 2. The lowest BCUT2D eigenvalue weighted by Gasteiger charge is -2.41. The van der Waals surface area contributed by atoms with Crippen molar-refractivity contribution in [1.29, 1.82) is 5.26 Å². The van der Waals surface area contributed by atoms with Crippen LogP contribution in [0.25, 0.3) is 0 Å². The first-order chi connectivity index (χ1) is 9.78. The van der Waals surface area contributed by atoms with Crippen LogP contribution in [-0.2, 0) is 0 Å². The van der Waals surface area contributed by atoms with E-state index in [4.69, 9.17) is 5.26 Å².